The summed E-state index contributed by atoms with van der Waals surface area (Å²) in [6.45, 7) is 3.05. The van der Waals surface area contributed by atoms with Crippen LogP contribution < -0.4 is 9.84 Å². The molecule has 0 aliphatic carbocycles. The van der Waals surface area contributed by atoms with Gasteiger partial charge in [-0.05, 0) is 61.2 Å². The van der Waals surface area contributed by atoms with Crippen molar-refractivity contribution in [2.24, 2.45) is 0 Å². The van der Waals surface area contributed by atoms with Gasteiger partial charge in [0.05, 0.1) is 7.11 Å². The summed E-state index contributed by atoms with van der Waals surface area (Å²) in [7, 11) is 1.65. The Bertz CT molecular complexity index is 614. The van der Waals surface area contributed by atoms with Gasteiger partial charge in [-0.15, -0.1) is 0 Å². The van der Waals surface area contributed by atoms with Crippen molar-refractivity contribution in [2.75, 3.05) is 7.11 Å². The Morgan fingerprint density at radius 3 is 2.50 bits per heavy atom. The minimum Gasteiger partial charge on any atom is -0.550 e. The monoisotopic (exact) mass is 300 g/mol. The van der Waals surface area contributed by atoms with Crippen LogP contribution in [0.4, 0.5) is 0 Å². The van der Waals surface area contributed by atoms with Crippen LogP contribution in [0, 0.1) is 0 Å². The van der Waals surface area contributed by atoms with Gasteiger partial charge in [0.1, 0.15) is 5.75 Å². The molecular weight excluding hydrogens is 278 g/mol. The Balaban J connectivity index is 2.30. The summed E-state index contributed by atoms with van der Waals surface area (Å²) < 4.78 is 7.41. The van der Waals surface area contributed by atoms with Crippen LogP contribution >= 0.6 is 0 Å². The second kappa shape index (κ2) is 7.69. The summed E-state index contributed by atoms with van der Waals surface area (Å²) in [6, 6.07) is 12.0. The summed E-state index contributed by atoms with van der Waals surface area (Å²) in [5, 5.41) is 10.7. The van der Waals surface area contributed by atoms with Gasteiger partial charge in [-0.1, -0.05) is 13.3 Å². The van der Waals surface area contributed by atoms with Crippen LogP contribution in [0.5, 0.6) is 5.75 Å². The summed E-state index contributed by atoms with van der Waals surface area (Å²) in [5.41, 5.74) is 3.27. The quantitative estimate of drug-likeness (QED) is 0.753. The number of methoxy groups -OCH3 is 1. The van der Waals surface area contributed by atoms with Gasteiger partial charge in [0.15, 0.2) is 0 Å². The van der Waals surface area contributed by atoms with Crippen molar-refractivity contribution in [3.63, 3.8) is 0 Å². The van der Waals surface area contributed by atoms with E-state index in [4.69, 9.17) is 4.74 Å². The lowest BCUT2D eigenvalue weighted by atomic mass is 10.1. The molecule has 0 unspecified atom stereocenters. The van der Waals surface area contributed by atoms with Crippen molar-refractivity contribution in [3.05, 3.63) is 42.1 Å². The van der Waals surface area contributed by atoms with E-state index in [-0.39, 0.29) is 6.42 Å². The first-order valence-electron chi connectivity index (χ1n) is 7.68. The predicted octanol–water partition coefficient (Wildman–Crippen LogP) is 2.65. The number of carbonyl (C=O) groups is 1. The van der Waals surface area contributed by atoms with E-state index in [9.17, 15) is 9.90 Å². The molecule has 1 aromatic carbocycles. The molecule has 0 aliphatic heterocycles. The zero-order valence-corrected chi connectivity index (χ0v) is 13.2. The van der Waals surface area contributed by atoms with Crippen molar-refractivity contribution in [2.45, 2.75) is 39.2 Å². The van der Waals surface area contributed by atoms with Crippen LogP contribution in [0.2, 0.25) is 0 Å². The summed E-state index contributed by atoms with van der Waals surface area (Å²) in [6.07, 6.45) is 2.72. The van der Waals surface area contributed by atoms with Gasteiger partial charge in [0.2, 0.25) is 0 Å². The van der Waals surface area contributed by atoms with E-state index in [1.807, 2.05) is 30.3 Å². The number of nitrogens with zero attached hydrogens (tertiary/aromatic N) is 1. The molecule has 0 saturated heterocycles. The van der Waals surface area contributed by atoms with Gasteiger partial charge < -0.3 is 19.2 Å². The highest BCUT2D eigenvalue weighted by atomic mass is 16.5. The maximum Gasteiger partial charge on any atom is 0.118 e. The highest BCUT2D eigenvalue weighted by molar-refractivity contribution is 5.65. The molecule has 0 atom stereocenters. The molecular formula is C18H22NO3-. The Hall–Kier alpha value is -2.23. The third-order valence-electron chi connectivity index (χ3n) is 3.78. The van der Waals surface area contributed by atoms with Crippen LogP contribution in [-0.4, -0.2) is 17.6 Å². The normalized spacial score (nSPS) is 10.6. The molecule has 1 aromatic heterocycles. The van der Waals surface area contributed by atoms with E-state index in [2.05, 4.69) is 17.6 Å². The molecule has 0 N–H and O–H groups in total. The fourth-order valence-electron chi connectivity index (χ4n) is 2.55. The van der Waals surface area contributed by atoms with E-state index in [0.29, 0.717) is 6.42 Å². The predicted molar refractivity (Wildman–Crippen MR) is 84.7 cm³/mol. The number of carbonyl (C=O) groups excluding carboxylic acids is 1. The minimum atomic E-state index is -1.01. The zero-order valence-electron chi connectivity index (χ0n) is 13.2. The largest absolute Gasteiger partial charge is 0.550 e. The highest BCUT2D eigenvalue weighted by Crippen LogP contribution is 2.26. The molecule has 2 rings (SSSR count). The fourth-order valence-corrected chi connectivity index (χ4v) is 2.55. The highest BCUT2D eigenvalue weighted by Gasteiger charge is 2.10. The average Bonchev–Trinajstić information content (AvgIpc) is 2.93. The van der Waals surface area contributed by atoms with Gasteiger partial charge in [0.25, 0.3) is 0 Å². The van der Waals surface area contributed by atoms with Crippen LogP contribution in [0.1, 0.15) is 31.9 Å². The summed E-state index contributed by atoms with van der Waals surface area (Å²) >= 11 is 0. The van der Waals surface area contributed by atoms with Crippen molar-refractivity contribution in [1.29, 1.82) is 0 Å². The molecule has 0 radical (unpaired) electrons. The third-order valence-corrected chi connectivity index (χ3v) is 3.78. The SMILES string of the molecule is CCCCn1c(CCC(=O)[O-])ccc1-c1ccc(OC)cc1. The molecule has 22 heavy (non-hydrogen) atoms. The maximum atomic E-state index is 10.7. The van der Waals surface area contributed by atoms with Gasteiger partial charge in [0, 0.05) is 23.9 Å². The van der Waals surface area contributed by atoms with E-state index in [1.165, 1.54) is 0 Å². The van der Waals surface area contributed by atoms with E-state index in [0.717, 1.165) is 42.1 Å². The van der Waals surface area contributed by atoms with Crippen molar-refractivity contribution in [3.8, 4) is 17.0 Å². The molecule has 0 aliphatic rings. The van der Waals surface area contributed by atoms with E-state index >= 15 is 0 Å². The van der Waals surface area contributed by atoms with E-state index in [1.54, 1.807) is 7.11 Å². The fraction of sp³-hybridized carbons (Fsp3) is 0.389. The van der Waals surface area contributed by atoms with Gasteiger partial charge in [-0.3, -0.25) is 0 Å². The van der Waals surface area contributed by atoms with Crippen molar-refractivity contribution >= 4 is 5.97 Å². The molecule has 4 nitrogen and oxygen atoms in total. The lowest BCUT2D eigenvalue weighted by Crippen LogP contribution is -2.23. The number of ether oxygens (including phenoxy) is 1. The van der Waals surface area contributed by atoms with Crippen LogP contribution in [0.3, 0.4) is 0 Å². The number of aliphatic carboxylic acids is 1. The van der Waals surface area contributed by atoms with Crippen LogP contribution in [-0.2, 0) is 17.8 Å². The molecule has 2 aromatic rings. The van der Waals surface area contributed by atoms with Crippen molar-refractivity contribution < 1.29 is 14.6 Å². The molecule has 4 heteroatoms. The summed E-state index contributed by atoms with van der Waals surface area (Å²) in [5.74, 6) is -0.179. The number of carboxylic acids is 1. The lowest BCUT2D eigenvalue weighted by Gasteiger charge is -2.14. The number of aromatic nitrogens is 1. The first kappa shape index (κ1) is 16.1. The van der Waals surface area contributed by atoms with Gasteiger partial charge in [-0.2, -0.15) is 0 Å². The topological polar surface area (TPSA) is 54.3 Å². The Labute approximate surface area is 131 Å². The number of hydrogen-bond donors (Lipinski definition) is 0. The molecule has 0 bridgehead atoms. The number of rotatable bonds is 8. The second-order valence-corrected chi connectivity index (χ2v) is 5.32. The summed E-state index contributed by atoms with van der Waals surface area (Å²) in [4.78, 5) is 10.7. The number of carboxylic acid groups (broad SMARTS) is 1. The molecule has 0 spiro atoms. The smallest absolute Gasteiger partial charge is 0.118 e. The molecule has 1 heterocycles. The van der Waals surface area contributed by atoms with Gasteiger partial charge >= 0.3 is 0 Å². The number of hydrogen-bond acceptors (Lipinski definition) is 3. The second-order valence-electron chi connectivity index (χ2n) is 5.32. The average molecular weight is 300 g/mol. The first-order valence-corrected chi connectivity index (χ1v) is 7.68. The first-order chi connectivity index (χ1) is 10.7. The zero-order chi connectivity index (χ0) is 15.9. The standard InChI is InChI=1S/C18H23NO3/c1-3-4-13-19-15(8-12-18(20)21)7-11-17(19)14-5-9-16(22-2)10-6-14/h5-7,9-11H,3-4,8,12-13H2,1-2H3,(H,20,21)/p-1. The van der Waals surface area contributed by atoms with Crippen LogP contribution in [0.15, 0.2) is 36.4 Å². The minimum absolute atomic E-state index is 0.0538. The number of benzene rings is 1. The third kappa shape index (κ3) is 3.91. The Morgan fingerprint density at radius 1 is 1.18 bits per heavy atom. The molecule has 0 fully saturated rings. The molecule has 0 saturated carbocycles. The van der Waals surface area contributed by atoms with Crippen LogP contribution in [0.25, 0.3) is 11.3 Å². The Morgan fingerprint density at radius 2 is 1.91 bits per heavy atom. The lowest BCUT2D eigenvalue weighted by molar-refractivity contribution is -0.305. The van der Waals surface area contributed by atoms with E-state index < -0.39 is 5.97 Å². The maximum absolute atomic E-state index is 10.7. The number of aryl methyl sites for hydroxylation is 1. The molecule has 0 amide bonds. The Kier molecular flexibility index (Phi) is 5.64. The van der Waals surface area contributed by atoms with Crippen molar-refractivity contribution in [1.82, 2.24) is 4.57 Å². The molecule has 118 valence electrons. The number of unbranched alkanes of at least 4 members (excludes halogenated alkanes) is 1. The van der Waals surface area contributed by atoms with Gasteiger partial charge in [-0.25, -0.2) is 0 Å².